The summed E-state index contributed by atoms with van der Waals surface area (Å²) >= 11 is 1.72. The molecule has 34 heavy (non-hydrogen) atoms. The number of thiophene rings is 1. The van der Waals surface area contributed by atoms with E-state index in [0.717, 1.165) is 23.5 Å². The zero-order chi connectivity index (χ0) is 24.3. The first kappa shape index (κ1) is 26.0. The Morgan fingerprint density at radius 3 is 2.74 bits per heavy atom. The third-order valence-electron chi connectivity index (χ3n) is 5.64. The van der Waals surface area contributed by atoms with Crippen molar-refractivity contribution in [2.24, 2.45) is 0 Å². The molecule has 1 aliphatic rings. The molecular weight excluding hydrogens is 452 g/mol. The van der Waals surface area contributed by atoms with Gasteiger partial charge in [0.05, 0.1) is 39.0 Å². The summed E-state index contributed by atoms with van der Waals surface area (Å²) in [5.74, 6) is 1.49. The molecule has 0 bridgehead atoms. The predicted octanol–water partition coefficient (Wildman–Crippen LogP) is 3.31. The summed E-state index contributed by atoms with van der Waals surface area (Å²) in [5, 5.41) is 12.4. The van der Waals surface area contributed by atoms with Crippen molar-refractivity contribution >= 4 is 17.2 Å². The Morgan fingerprint density at radius 2 is 2.03 bits per heavy atom. The highest BCUT2D eigenvalue weighted by Crippen LogP contribution is 2.34. The van der Waals surface area contributed by atoms with E-state index in [2.05, 4.69) is 24.6 Å². The topological polar surface area (TPSA) is 71.5 Å². The van der Waals surface area contributed by atoms with Crippen molar-refractivity contribution < 1.29 is 24.1 Å². The Hall–Kier alpha value is -2.65. The van der Waals surface area contributed by atoms with Gasteiger partial charge >= 0.3 is 0 Å². The average molecular weight is 487 g/mol. The third-order valence-corrected chi connectivity index (χ3v) is 6.64. The normalized spacial score (nSPS) is 16.1. The first-order valence-electron chi connectivity index (χ1n) is 11.4. The molecule has 0 unspecified atom stereocenters. The summed E-state index contributed by atoms with van der Waals surface area (Å²) in [6.45, 7) is 9.96. The van der Waals surface area contributed by atoms with Crippen LogP contribution in [-0.4, -0.2) is 80.0 Å². The summed E-state index contributed by atoms with van der Waals surface area (Å²) in [7, 11) is 1.63. The lowest BCUT2D eigenvalue weighted by Gasteiger charge is -2.37. The van der Waals surface area contributed by atoms with Gasteiger partial charge in [-0.2, -0.15) is 0 Å². The van der Waals surface area contributed by atoms with E-state index >= 15 is 0 Å². The molecule has 184 valence electrons. The maximum Gasteiger partial charge on any atom is 0.237 e. The number of aliphatic hydroxyl groups excluding tert-OH is 1. The van der Waals surface area contributed by atoms with Crippen molar-refractivity contribution in [1.82, 2.24) is 9.80 Å². The van der Waals surface area contributed by atoms with Gasteiger partial charge in [0, 0.05) is 24.5 Å². The molecule has 0 saturated heterocycles. The SMILES string of the molecule is C=CCOC[C@@H](O)CN(CC=C)CC(=O)N1CCc2sccc2[C@@H]1COc1ccc(OC)cc1. The average Bonchev–Trinajstić information content (AvgIpc) is 3.32. The van der Waals surface area contributed by atoms with Crippen LogP contribution < -0.4 is 9.47 Å². The van der Waals surface area contributed by atoms with E-state index in [1.165, 1.54) is 4.88 Å². The zero-order valence-corrected chi connectivity index (χ0v) is 20.5. The molecule has 2 aromatic rings. The second kappa shape index (κ2) is 13.3. The van der Waals surface area contributed by atoms with E-state index in [1.54, 1.807) is 30.6 Å². The fourth-order valence-corrected chi connectivity index (χ4v) is 4.96. The van der Waals surface area contributed by atoms with Crippen LogP contribution in [0.3, 0.4) is 0 Å². The van der Waals surface area contributed by atoms with E-state index in [1.807, 2.05) is 34.1 Å². The first-order valence-corrected chi connectivity index (χ1v) is 12.3. The molecule has 7 nitrogen and oxygen atoms in total. The molecule has 1 aromatic heterocycles. The van der Waals surface area contributed by atoms with Crippen molar-refractivity contribution in [2.75, 3.05) is 53.1 Å². The Kier molecular flexibility index (Phi) is 10.2. The summed E-state index contributed by atoms with van der Waals surface area (Å²) in [6, 6.07) is 9.35. The number of rotatable bonds is 14. The molecule has 0 saturated carbocycles. The molecular formula is C26H34N2O5S. The second-order valence-corrected chi connectivity index (χ2v) is 9.10. The Morgan fingerprint density at radius 1 is 1.26 bits per heavy atom. The number of fused-ring (bicyclic) bond motifs is 1. The number of ether oxygens (including phenoxy) is 3. The van der Waals surface area contributed by atoms with Crippen LogP contribution in [-0.2, 0) is 16.0 Å². The molecule has 0 spiro atoms. The number of hydrogen-bond acceptors (Lipinski definition) is 7. The molecule has 2 atom stereocenters. The fraction of sp³-hybridized carbons (Fsp3) is 0.423. The second-order valence-electron chi connectivity index (χ2n) is 8.10. The van der Waals surface area contributed by atoms with Crippen LogP contribution in [0.1, 0.15) is 16.5 Å². The van der Waals surface area contributed by atoms with Gasteiger partial charge < -0.3 is 24.2 Å². The lowest BCUT2D eigenvalue weighted by atomic mass is 10.0. The minimum absolute atomic E-state index is 0.00115. The lowest BCUT2D eigenvalue weighted by molar-refractivity contribution is -0.136. The highest BCUT2D eigenvalue weighted by Gasteiger charge is 2.33. The maximum atomic E-state index is 13.4. The van der Waals surface area contributed by atoms with Gasteiger partial charge in [-0.1, -0.05) is 12.2 Å². The Bertz CT molecular complexity index is 930. The van der Waals surface area contributed by atoms with Crippen LogP contribution in [0.5, 0.6) is 11.5 Å². The molecule has 8 heteroatoms. The summed E-state index contributed by atoms with van der Waals surface area (Å²) in [5.41, 5.74) is 1.14. The first-order chi connectivity index (χ1) is 16.5. The number of nitrogens with zero attached hydrogens (tertiary/aromatic N) is 2. The third kappa shape index (κ3) is 7.17. The van der Waals surface area contributed by atoms with Crippen molar-refractivity contribution in [3.05, 3.63) is 71.5 Å². The monoisotopic (exact) mass is 486 g/mol. The fourth-order valence-electron chi connectivity index (χ4n) is 4.03. The number of hydrogen-bond donors (Lipinski definition) is 1. The molecule has 1 aromatic carbocycles. The molecule has 1 N–H and O–H groups in total. The largest absolute Gasteiger partial charge is 0.497 e. The van der Waals surface area contributed by atoms with E-state index < -0.39 is 6.10 Å². The molecule has 1 amide bonds. The van der Waals surface area contributed by atoms with E-state index in [9.17, 15) is 9.90 Å². The molecule has 0 radical (unpaired) electrons. The number of carbonyl (C=O) groups excluding carboxylic acids is 1. The van der Waals surface area contributed by atoms with Crippen LogP contribution in [0.25, 0.3) is 0 Å². The molecule has 2 heterocycles. The summed E-state index contributed by atoms with van der Waals surface area (Å²) < 4.78 is 16.6. The van der Waals surface area contributed by atoms with Gasteiger partial charge in [-0.3, -0.25) is 9.69 Å². The van der Waals surface area contributed by atoms with Crippen LogP contribution in [0.4, 0.5) is 0 Å². The van der Waals surface area contributed by atoms with Crippen molar-refractivity contribution in [3.8, 4) is 11.5 Å². The molecule has 1 aliphatic heterocycles. The molecule has 3 rings (SSSR count). The summed E-state index contributed by atoms with van der Waals surface area (Å²) in [4.78, 5) is 18.5. The van der Waals surface area contributed by atoms with Gasteiger partial charge in [-0.05, 0) is 47.7 Å². The smallest absolute Gasteiger partial charge is 0.237 e. The zero-order valence-electron chi connectivity index (χ0n) is 19.7. The van der Waals surface area contributed by atoms with Gasteiger partial charge in [-0.15, -0.1) is 24.5 Å². The van der Waals surface area contributed by atoms with Crippen LogP contribution in [0.15, 0.2) is 61.0 Å². The highest BCUT2D eigenvalue weighted by molar-refractivity contribution is 7.10. The van der Waals surface area contributed by atoms with Crippen molar-refractivity contribution in [1.29, 1.82) is 0 Å². The number of amides is 1. The van der Waals surface area contributed by atoms with Crippen LogP contribution >= 0.6 is 11.3 Å². The summed E-state index contributed by atoms with van der Waals surface area (Å²) in [6.07, 6.45) is 3.51. The Balaban J connectivity index is 1.67. The standard InChI is InChI=1S/C26H34N2O5S/c1-4-12-27(16-20(29)18-32-14-5-2)17-26(30)28-13-10-25-23(11-15-34-25)24(28)19-33-22-8-6-21(31-3)7-9-22/h4-9,11,15,20,24,29H,1-2,10,12-14,16-19H2,3H3/t20-,24-/m0/s1. The maximum absolute atomic E-state index is 13.4. The number of carbonyl (C=O) groups is 1. The van der Waals surface area contributed by atoms with Gasteiger partial charge in [0.2, 0.25) is 5.91 Å². The highest BCUT2D eigenvalue weighted by atomic mass is 32.1. The molecule has 0 aliphatic carbocycles. The van der Waals surface area contributed by atoms with Gasteiger partial charge in [0.15, 0.2) is 0 Å². The molecule has 0 fully saturated rings. The van der Waals surface area contributed by atoms with Gasteiger partial charge in [0.1, 0.15) is 18.1 Å². The number of benzene rings is 1. The van der Waals surface area contributed by atoms with Crippen LogP contribution in [0.2, 0.25) is 0 Å². The number of aliphatic hydroxyl groups is 1. The van der Waals surface area contributed by atoms with Crippen molar-refractivity contribution in [3.63, 3.8) is 0 Å². The van der Waals surface area contributed by atoms with E-state index in [4.69, 9.17) is 14.2 Å². The predicted molar refractivity (Wildman–Crippen MR) is 135 cm³/mol. The quantitative estimate of drug-likeness (QED) is 0.326. The lowest BCUT2D eigenvalue weighted by Crippen LogP contribution is -2.48. The van der Waals surface area contributed by atoms with Gasteiger partial charge in [0.25, 0.3) is 0 Å². The van der Waals surface area contributed by atoms with Crippen LogP contribution in [0, 0.1) is 0 Å². The Labute approximate surface area is 205 Å². The minimum atomic E-state index is -0.702. The number of methoxy groups -OCH3 is 1. The van der Waals surface area contributed by atoms with E-state index in [0.29, 0.717) is 32.8 Å². The van der Waals surface area contributed by atoms with Gasteiger partial charge in [-0.25, -0.2) is 0 Å². The van der Waals surface area contributed by atoms with Crippen molar-refractivity contribution in [2.45, 2.75) is 18.6 Å². The van der Waals surface area contributed by atoms with E-state index in [-0.39, 0.29) is 25.1 Å². The minimum Gasteiger partial charge on any atom is -0.497 e.